The third kappa shape index (κ3) is 4.15. The molecule has 0 fully saturated rings. The summed E-state index contributed by atoms with van der Waals surface area (Å²) in [7, 11) is 0. The molecule has 1 aromatic carbocycles. The van der Waals surface area contributed by atoms with Gasteiger partial charge in [-0.1, -0.05) is 6.07 Å². The van der Waals surface area contributed by atoms with E-state index in [2.05, 4.69) is 5.32 Å². The second-order valence-corrected chi connectivity index (χ2v) is 3.72. The Morgan fingerprint density at radius 3 is 2.78 bits per heavy atom. The van der Waals surface area contributed by atoms with E-state index >= 15 is 0 Å². The second-order valence-electron chi connectivity index (χ2n) is 3.72. The summed E-state index contributed by atoms with van der Waals surface area (Å²) in [6, 6.07) is 4.54. The lowest BCUT2D eigenvalue weighted by Crippen LogP contribution is -2.21. The van der Waals surface area contributed by atoms with Gasteiger partial charge in [-0.2, -0.15) is 0 Å². The molecule has 0 unspecified atom stereocenters. The van der Waals surface area contributed by atoms with Crippen LogP contribution in [0.1, 0.15) is 15.9 Å². The van der Waals surface area contributed by atoms with Crippen molar-refractivity contribution in [3.63, 3.8) is 0 Å². The number of carbonyl (C=O) groups is 2. The highest BCUT2D eigenvalue weighted by Gasteiger charge is 2.09. The lowest BCUT2D eigenvalue weighted by Gasteiger charge is -2.09. The highest BCUT2D eigenvalue weighted by Crippen LogP contribution is 2.16. The van der Waals surface area contributed by atoms with Gasteiger partial charge in [-0.25, -0.2) is 4.79 Å². The highest BCUT2D eigenvalue weighted by molar-refractivity contribution is 5.95. The molecule has 0 aromatic heterocycles. The van der Waals surface area contributed by atoms with Crippen molar-refractivity contribution in [3.05, 3.63) is 29.3 Å². The Labute approximate surface area is 105 Å². The fourth-order valence-corrected chi connectivity index (χ4v) is 1.32. The summed E-state index contributed by atoms with van der Waals surface area (Å²) in [5, 5.41) is 11.5. The number of benzene rings is 1. The first-order chi connectivity index (χ1) is 8.54. The van der Waals surface area contributed by atoms with Gasteiger partial charge in [0.15, 0.2) is 0 Å². The zero-order valence-corrected chi connectivity index (χ0v) is 10.1. The molecule has 0 aliphatic rings. The third-order valence-electron chi connectivity index (χ3n) is 2.25. The molecule has 0 radical (unpaired) electrons. The van der Waals surface area contributed by atoms with Gasteiger partial charge in [0.2, 0.25) is 5.91 Å². The van der Waals surface area contributed by atoms with Crippen LogP contribution in [0.15, 0.2) is 18.2 Å². The number of hydrogen-bond acceptors (Lipinski definition) is 4. The van der Waals surface area contributed by atoms with Gasteiger partial charge in [-0.15, -0.1) is 0 Å². The molecule has 0 bridgehead atoms. The van der Waals surface area contributed by atoms with Crippen LogP contribution in [0.5, 0.6) is 0 Å². The van der Waals surface area contributed by atoms with Crippen LogP contribution < -0.4 is 11.1 Å². The number of ether oxygens (including phenoxy) is 1. The van der Waals surface area contributed by atoms with Crippen LogP contribution in [0.2, 0.25) is 0 Å². The second kappa shape index (κ2) is 6.73. The number of nitrogens with one attached hydrogen (secondary N) is 1. The van der Waals surface area contributed by atoms with Crippen molar-refractivity contribution in [2.75, 3.05) is 25.1 Å². The number of carboxylic acids is 1. The molecule has 0 saturated carbocycles. The molecule has 0 spiro atoms. The lowest BCUT2D eigenvalue weighted by atomic mass is 10.1. The molecule has 0 atom stereocenters. The minimum atomic E-state index is -1.04. The quantitative estimate of drug-likeness (QED) is 0.644. The summed E-state index contributed by atoms with van der Waals surface area (Å²) < 4.78 is 4.98. The van der Waals surface area contributed by atoms with E-state index in [-0.39, 0.29) is 18.1 Å². The topological polar surface area (TPSA) is 102 Å². The number of carboxylic acid groups (broad SMARTS) is 1. The standard InChI is InChI=1S/C12H16N2O4/c1-8-2-3-9(12(16)17)6-10(8)14-11(15)7-18-5-4-13/h2-3,6H,4-5,7,13H2,1H3,(H,14,15)(H,16,17). The Kier molecular flexibility index (Phi) is 5.29. The average molecular weight is 252 g/mol. The fraction of sp³-hybridized carbons (Fsp3) is 0.333. The van der Waals surface area contributed by atoms with Crippen LogP contribution in [0, 0.1) is 6.92 Å². The summed E-state index contributed by atoms with van der Waals surface area (Å²) >= 11 is 0. The summed E-state index contributed by atoms with van der Waals surface area (Å²) in [6.07, 6.45) is 0. The molecule has 1 aromatic rings. The summed E-state index contributed by atoms with van der Waals surface area (Å²) in [4.78, 5) is 22.3. The van der Waals surface area contributed by atoms with Crippen molar-refractivity contribution >= 4 is 17.6 Å². The van der Waals surface area contributed by atoms with Crippen molar-refractivity contribution in [1.82, 2.24) is 0 Å². The van der Waals surface area contributed by atoms with Crippen molar-refractivity contribution < 1.29 is 19.4 Å². The number of nitrogens with two attached hydrogens (primary N) is 1. The van der Waals surface area contributed by atoms with Crippen LogP contribution >= 0.6 is 0 Å². The maximum Gasteiger partial charge on any atom is 0.335 e. The Balaban J connectivity index is 2.68. The van der Waals surface area contributed by atoms with E-state index in [0.29, 0.717) is 18.8 Å². The van der Waals surface area contributed by atoms with Crippen molar-refractivity contribution in [1.29, 1.82) is 0 Å². The Morgan fingerprint density at radius 2 is 2.17 bits per heavy atom. The monoisotopic (exact) mass is 252 g/mol. The number of anilines is 1. The van der Waals surface area contributed by atoms with Gasteiger partial charge in [-0.05, 0) is 24.6 Å². The normalized spacial score (nSPS) is 10.1. The van der Waals surface area contributed by atoms with Crippen molar-refractivity contribution in [2.24, 2.45) is 5.73 Å². The van der Waals surface area contributed by atoms with Crippen LogP contribution in [-0.4, -0.2) is 36.7 Å². The molecule has 1 amide bonds. The average Bonchev–Trinajstić information content (AvgIpc) is 2.32. The Hall–Kier alpha value is -1.92. The molecule has 0 heterocycles. The minimum Gasteiger partial charge on any atom is -0.478 e. The molecule has 4 N–H and O–H groups in total. The highest BCUT2D eigenvalue weighted by atomic mass is 16.5. The van der Waals surface area contributed by atoms with E-state index in [1.165, 1.54) is 12.1 Å². The van der Waals surface area contributed by atoms with Gasteiger partial charge in [0.05, 0.1) is 12.2 Å². The van der Waals surface area contributed by atoms with E-state index in [1.54, 1.807) is 13.0 Å². The summed E-state index contributed by atoms with van der Waals surface area (Å²) in [5.74, 6) is -1.38. The maximum atomic E-state index is 11.5. The van der Waals surface area contributed by atoms with Crippen LogP contribution in [-0.2, 0) is 9.53 Å². The van der Waals surface area contributed by atoms with Gasteiger partial charge in [-0.3, -0.25) is 4.79 Å². The van der Waals surface area contributed by atoms with E-state index in [0.717, 1.165) is 5.56 Å². The molecule has 0 aliphatic heterocycles. The van der Waals surface area contributed by atoms with Gasteiger partial charge >= 0.3 is 5.97 Å². The predicted octanol–water partition coefficient (Wildman–Crippen LogP) is 0.607. The van der Waals surface area contributed by atoms with E-state index in [9.17, 15) is 9.59 Å². The molecule has 1 rings (SSSR count). The Bertz CT molecular complexity index is 446. The Morgan fingerprint density at radius 1 is 1.44 bits per heavy atom. The number of carbonyl (C=O) groups excluding carboxylic acids is 1. The molecule has 6 heteroatoms. The number of aryl methyl sites for hydroxylation is 1. The van der Waals surface area contributed by atoms with E-state index in [1.807, 2.05) is 0 Å². The first kappa shape index (κ1) is 14.1. The van der Waals surface area contributed by atoms with Crippen LogP contribution in [0.3, 0.4) is 0 Å². The van der Waals surface area contributed by atoms with Gasteiger partial charge in [0, 0.05) is 12.2 Å². The SMILES string of the molecule is Cc1ccc(C(=O)O)cc1NC(=O)COCCN. The van der Waals surface area contributed by atoms with Crippen molar-refractivity contribution in [3.8, 4) is 0 Å². The predicted molar refractivity (Wildman–Crippen MR) is 66.6 cm³/mol. The molecule has 0 aliphatic carbocycles. The molecule has 18 heavy (non-hydrogen) atoms. The zero-order chi connectivity index (χ0) is 13.5. The molecular formula is C12H16N2O4. The van der Waals surface area contributed by atoms with Crippen LogP contribution in [0.25, 0.3) is 0 Å². The number of rotatable bonds is 6. The van der Waals surface area contributed by atoms with Gasteiger partial charge in [0.25, 0.3) is 0 Å². The first-order valence-corrected chi connectivity index (χ1v) is 5.46. The largest absolute Gasteiger partial charge is 0.478 e. The molecule has 98 valence electrons. The van der Waals surface area contributed by atoms with Crippen molar-refractivity contribution in [2.45, 2.75) is 6.92 Å². The minimum absolute atomic E-state index is 0.103. The number of hydrogen-bond donors (Lipinski definition) is 3. The summed E-state index contributed by atoms with van der Waals surface area (Å²) in [5.41, 5.74) is 6.60. The summed E-state index contributed by atoms with van der Waals surface area (Å²) in [6.45, 7) is 2.33. The van der Waals surface area contributed by atoms with E-state index in [4.69, 9.17) is 15.6 Å². The molecule has 0 saturated heterocycles. The van der Waals surface area contributed by atoms with Gasteiger partial charge < -0.3 is 20.9 Å². The van der Waals surface area contributed by atoms with Gasteiger partial charge in [0.1, 0.15) is 6.61 Å². The third-order valence-corrected chi connectivity index (χ3v) is 2.25. The lowest BCUT2D eigenvalue weighted by molar-refractivity contribution is -0.120. The van der Waals surface area contributed by atoms with E-state index < -0.39 is 5.97 Å². The zero-order valence-electron chi connectivity index (χ0n) is 10.1. The smallest absolute Gasteiger partial charge is 0.335 e. The number of amides is 1. The molecule has 6 nitrogen and oxygen atoms in total. The fourth-order valence-electron chi connectivity index (χ4n) is 1.32. The first-order valence-electron chi connectivity index (χ1n) is 5.46. The maximum absolute atomic E-state index is 11.5. The molecular weight excluding hydrogens is 236 g/mol. The van der Waals surface area contributed by atoms with Crippen LogP contribution in [0.4, 0.5) is 5.69 Å². The number of aromatic carboxylic acids is 1.